The lowest BCUT2D eigenvalue weighted by Crippen LogP contribution is -2.08. The van der Waals surface area contributed by atoms with E-state index in [1.54, 1.807) is 0 Å². The molecule has 0 aliphatic heterocycles. The molecule has 0 bridgehead atoms. The van der Waals surface area contributed by atoms with Gasteiger partial charge in [-0.25, -0.2) is 4.39 Å². The molecule has 122 valence electrons. The minimum Gasteiger partial charge on any atom is -0.206 e. The molecule has 0 aromatic carbocycles. The quantitative estimate of drug-likeness (QED) is 0.354. The number of halogens is 4. The molecule has 4 heteroatoms. The maximum absolute atomic E-state index is 13.5. The smallest absolute Gasteiger partial charge is 0.206 e. The molecule has 0 saturated carbocycles. The predicted molar refractivity (Wildman–Crippen MR) is 89.4 cm³/mol. The predicted octanol–water partition coefficient (Wildman–Crippen LogP) is 6.48. The molecule has 0 N–H and O–H groups in total. The molecule has 0 heterocycles. The zero-order valence-electron chi connectivity index (χ0n) is 12.7. The van der Waals surface area contributed by atoms with Gasteiger partial charge in [0.15, 0.2) is 0 Å². The van der Waals surface area contributed by atoms with Crippen LogP contribution in [0.3, 0.4) is 0 Å². The molecular weight excluding hydrogens is 304 g/mol. The van der Waals surface area contributed by atoms with Gasteiger partial charge in [-0.1, -0.05) is 69.9 Å². The molecular formula is C19H18F4. The highest BCUT2D eigenvalue weighted by Crippen LogP contribution is 2.25. The molecule has 0 aliphatic carbocycles. The molecule has 0 fully saturated rings. The molecule has 0 spiro atoms. The van der Waals surface area contributed by atoms with E-state index in [1.807, 2.05) is 0 Å². The van der Waals surface area contributed by atoms with Crippen molar-refractivity contribution in [2.45, 2.75) is 6.18 Å². The van der Waals surface area contributed by atoms with Gasteiger partial charge in [-0.05, 0) is 22.8 Å². The van der Waals surface area contributed by atoms with Crippen LogP contribution in [-0.4, -0.2) is 6.18 Å². The van der Waals surface area contributed by atoms with Crippen molar-refractivity contribution >= 4 is 0 Å². The Bertz CT molecular complexity index is 635. The van der Waals surface area contributed by atoms with Crippen molar-refractivity contribution in [1.29, 1.82) is 0 Å². The highest BCUT2D eigenvalue weighted by Gasteiger charge is 2.29. The van der Waals surface area contributed by atoms with Crippen molar-refractivity contribution < 1.29 is 17.6 Å². The minimum absolute atomic E-state index is 0.0700. The first-order chi connectivity index (χ1) is 10.5. The van der Waals surface area contributed by atoms with Crippen LogP contribution in [0.25, 0.3) is 0 Å². The van der Waals surface area contributed by atoms with E-state index in [2.05, 4.69) is 39.5 Å². The van der Waals surface area contributed by atoms with Crippen LogP contribution in [0.4, 0.5) is 17.6 Å². The summed E-state index contributed by atoms with van der Waals surface area (Å²) in [6.45, 7) is 20.7. The van der Waals surface area contributed by atoms with Gasteiger partial charge in [-0.2, -0.15) is 13.2 Å². The maximum Gasteiger partial charge on any atom is 0.415 e. The molecule has 0 aliphatic rings. The highest BCUT2D eigenvalue weighted by molar-refractivity contribution is 5.51. The number of rotatable bonds is 8. The summed E-state index contributed by atoms with van der Waals surface area (Å²) in [6.07, 6.45) is 2.78. The van der Waals surface area contributed by atoms with Crippen molar-refractivity contribution in [2.75, 3.05) is 0 Å². The van der Waals surface area contributed by atoms with Crippen LogP contribution in [0, 0.1) is 0 Å². The maximum atomic E-state index is 13.5. The zero-order valence-corrected chi connectivity index (χ0v) is 12.7. The molecule has 0 rings (SSSR count). The Morgan fingerprint density at radius 3 is 1.61 bits per heavy atom. The minimum atomic E-state index is -4.49. The van der Waals surface area contributed by atoms with Gasteiger partial charge in [0.2, 0.25) is 0 Å². The standard InChI is InChI=1S/C19H18F4/c1-7-8-18(20)17(6)15(4)10-9-13(2)14(3)11-12-16(5)19(21,22)23/h7-12H,1-6H2/b10-9-,12-11-,18-8+. The van der Waals surface area contributed by atoms with Gasteiger partial charge < -0.3 is 0 Å². The first-order valence-electron chi connectivity index (χ1n) is 6.38. The largest absolute Gasteiger partial charge is 0.415 e. The van der Waals surface area contributed by atoms with E-state index in [9.17, 15) is 17.6 Å². The van der Waals surface area contributed by atoms with Crippen LogP contribution in [0.15, 0.2) is 110 Å². The average molecular weight is 322 g/mol. The Hall–Kier alpha value is -2.62. The topological polar surface area (TPSA) is 0 Å². The first-order valence-corrected chi connectivity index (χ1v) is 6.38. The van der Waals surface area contributed by atoms with Gasteiger partial charge in [-0.3, -0.25) is 0 Å². The van der Waals surface area contributed by atoms with Crippen molar-refractivity contribution in [3.05, 3.63) is 110 Å². The Kier molecular flexibility index (Phi) is 7.74. The summed E-state index contributed by atoms with van der Waals surface area (Å²) in [5, 5.41) is 0. The average Bonchev–Trinajstić information content (AvgIpc) is 2.47. The Labute approximate surface area is 134 Å². The Balaban J connectivity index is 4.86. The normalized spacial score (nSPS) is 12.4. The van der Waals surface area contributed by atoms with Crippen LogP contribution in [0.1, 0.15) is 0 Å². The lowest BCUT2D eigenvalue weighted by atomic mass is 10.0. The number of allylic oxidation sites excluding steroid dienone is 12. The van der Waals surface area contributed by atoms with Crippen LogP contribution >= 0.6 is 0 Å². The second-order valence-corrected chi connectivity index (χ2v) is 4.49. The summed E-state index contributed by atoms with van der Waals surface area (Å²) in [6, 6.07) is 0. The monoisotopic (exact) mass is 322 g/mol. The van der Waals surface area contributed by atoms with E-state index in [0.29, 0.717) is 11.1 Å². The third-order valence-electron chi connectivity index (χ3n) is 2.69. The molecule has 0 unspecified atom stereocenters. The van der Waals surface area contributed by atoms with Crippen LogP contribution < -0.4 is 0 Å². The number of alkyl halides is 3. The summed E-state index contributed by atoms with van der Waals surface area (Å²) < 4.78 is 50.4. The zero-order chi connectivity index (χ0) is 18.2. The van der Waals surface area contributed by atoms with E-state index >= 15 is 0 Å². The first kappa shape index (κ1) is 20.4. The number of hydrogen-bond donors (Lipinski definition) is 0. The second-order valence-electron chi connectivity index (χ2n) is 4.49. The highest BCUT2D eigenvalue weighted by atomic mass is 19.4. The molecule has 0 radical (unpaired) electrons. The van der Waals surface area contributed by atoms with Gasteiger partial charge in [0, 0.05) is 11.1 Å². The summed E-state index contributed by atoms with van der Waals surface area (Å²) in [7, 11) is 0. The fourth-order valence-electron chi connectivity index (χ4n) is 1.17. The van der Waals surface area contributed by atoms with E-state index in [4.69, 9.17) is 0 Å². The van der Waals surface area contributed by atoms with Crippen molar-refractivity contribution in [3.63, 3.8) is 0 Å². The lowest BCUT2D eigenvalue weighted by Gasteiger charge is -2.06. The van der Waals surface area contributed by atoms with E-state index < -0.39 is 17.6 Å². The van der Waals surface area contributed by atoms with Crippen molar-refractivity contribution in [1.82, 2.24) is 0 Å². The number of hydrogen-bond acceptors (Lipinski definition) is 0. The Morgan fingerprint density at radius 1 is 0.739 bits per heavy atom. The third kappa shape index (κ3) is 7.27. The van der Waals surface area contributed by atoms with Gasteiger partial charge in [0.25, 0.3) is 0 Å². The van der Waals surface area contributed by atoms with E-state index in [-0.39, 0.29) is 11.1 Å². The molecule has 0 saturated heterocycles. The SMILES string of the molecule is C=C/C=C(/F)C(=C)C(=C)/C=C\C(=C)C(=C)/C=C\C(=C)C(F)(F)F. The van der Waals surface area contributed by atoms with E-state index in [1.165, 1.54) is 18.2 Å². The molecule has 0 amide bonds. The summed E-state index contributed by atoms with van der Waals surface area (Å²) in [5.74, 6) is -0.583. The van der Waals surface area contributed by atoms with Gasteiger partial charge >= 0.3 is 6.18 Å². The van der Waals surface area contributed by atoms with Crippen molar-refractivity contribution in [3.8, 4) is 0 Å². The van der Waals surface area contributed by atoms with E-state index in [0.717, 1.165) is 18.2 Å². The second kappa shape index (κ2) is 8.73. The van der Waals surface area contributed by atoms with Gasteiger partial charge in [-0.15, -0.1) is 0 Å². The molecule has 0 nitrogen and oxygen atoms in total. The molecule has 23 heavy (non-hydrogen) atoms. The summed E-state index contributed by atoms with van der Waals surface area (Å²) in [5.41, 5.74) is -0.0333. The van der Waals surface area contributed by atoms with Crippen LogP contribution in [0.2, 0.25) is 0 Å². The molecule has 0 atom stereocenters. The Morgan fingerprint density at radius 2 is 1.17 bits per heavy atom. The lowest BCUT2D eigenvalue weighted by molar-refractivity contribution is -0.0878. The molecule has 0 aromatic heterocycles. The fourth-order valence-corrected chi connectivity index (χ4v) is 1.17. The third-order valence-corrected chi connectivity index (χ3v) is 2.69. The summed E-state index contributed by atoms with van der Waals surface area (Å²) >= 11 is 0. The molecule has 0 aromatic rings. The summed E-state index contributed by atoms with van der Waals surface area (Å²) in [4.78, 5) is 0. The van der Waals surface area contributed by atoms with Crippen LogP contribution in [0.5, 0.6) is 0 Å². The van der Waals surface area contributed by atoms with Gasteiger partial charge in [0.1, 0.15) is 5.83 Å². The van der Waals surface area contributed by atoms with Crippen LogP contribution in [-0.2, 0) is 0 Å². The fraction of sp³-hybridized carbons (Fsp3) is 0.0526. The van der Waals surface area contributed by atoms with Gasteiger partial charge in [0.05, 0.1) is 0 Å². The van der Waals surface area contributed by atoms with Crippen molar-refractivity contribution in [2.24, 2.45) is 0 Å².